The molecule has 18 heavy (non-hydrogen) atoms. The van der Waals surface area contributed by atoms with Crippen LogP contribution in [0.15, 0.2) is 24.3 Å². The van der Waals surface area contributed by atoms with Crippen LogP contribution < -0.4 is 4.74 Å². The van der Waals surface area contributed by atoms with Crippen molar-refractivity contribution in [2.45, 2.75) is 0 Å². The Bertz CT molecular complexity index is 607. The fourth-order valence-electron chi connectivity index (χ4n) is 1.70. The van der Waals surface area contributed by atoms with E-state index in [2.05, 4.69) is 5.10 Å². The first-order chi connectivity index (χ1) is 8.52. The molecule has 0 fully saturated rings. The van der Waals surface area contributed by atoms with Crippen LogP contribution in [0.1, 0.15) is 10.5 Å². The first kappa shape index (κ1) is 12.1. The Morgan fingerprint density at radius 2 is 2.17 bits per heavy atom. The SMILES string of the molecule is COc1ccc(F)cc1-c1cc(C(=O)O)nn1C. The van der Waals surface area contributed by atoms with Gasteiger partial charge in [-0.05, 0) is 24.3 Å². The number of hydrogen-bond acceptors (Lipinski definition) is 3. The van der Waals surface area contributed by atoms with Gasteiger partial charge in [-0.25, -0.2) is 9.18 Å². The van der Waals surface area contributed by atoms with Crippen LogP contribution in [0.3, 0.4) is 0 Å². The summed E-state index contributed by atoms with van der Waals surface area (Å²) < 4.78 is 19.8. The van der Waals surface area contributed by atoms with Gasteiger partial charge in [0.05, 0.1) is 12.8 Å². The maximum Gasteiger partial charge on any atom is 0.356 e. The molecule has 1 aromatic heterocycles. The summed E-state index contributed by atoms with van der Waals surface area (Å²) in [5.74, 6) is -1.10. The number of carboxylic acids is 1. The predicted octanol–water partition coefficient (Wildman–Crippen LogP) is 1.93. The van der Waals surface area contributed by atoms with Gasteiger partial charge in [-0.1, -0.05) is 0 Å². The molecule has 0 saturated heterocycles. The minimum Gasteiger partial charge on any atom is -0.496 e. The number of aromatic nitrogens is 2. The summed E-state index contributed by atoms with van der Waals surface area (Å²) >= 11 is 0. The summed E-state index contributed by atoms with van der Waals surface area (Å²) in [6.45, 7) is 0. The summed E-state index contributed by atoms with van der Waals surface area (Å²) in [5.41, 5.74) is 0.836. The van der Waals surface area contributed by atoms with Crippen LogP contribution in [0.5, 0.6) is 5.75 Å². The third kappa shape index (κ3) is 2.04. The molecule has 0 spiro atoms. The summed E-state index contributed by atoms with van der Waals surface area (Å²) in [6, 6.07) is 5.41. The Balaban J connectivity index is 2.60. The first-order valence-electron chi connectivity index (χ1n) is 5.14. The van der Waals surface area contributed by atoms with E-state index in [0.29, 0.717) is 17.0 Å². The molecular weight excluding hydrogens is 239 g/mol. The zero-order valence-corrected chi connectivity index (χ0v) is 9.85. The number of halogens is 1. The zero-order valence-electron chi connectivity index (χ0n) is 9.85. The smallest absolute Gasteiger partial charge is 0.356 e. The average molecular weight is 250 g/mol. The quantitative estimate of drug-likeness (QED) is 0.904. The van der Waals surface area contributed by atoms with E-state index in [4.69, 9.17) is 9.84 Å². The van der Waals surface area contributed by atoms with Crippen molar-refractivity contribution in [2.24, 2.45) is 7.05 Å². The Hall–Kier alpha value is -2.37. The maximum atomic E-state index is 13.3. The lowest BCUT2D eigenvalue weighted by molar-refractivity contribution is 0.0689. The first-order valence-corrected chi connectivity index (χ1v) is 5.14. The second kappa shape index (κ2) is 4.48. The van der Waals surface area contributed by atoms with Gasteiger partial charge in [0, 0.05) is 12.6 Å². The van der Waals surface area contributed by atoms with E-state index >= 15 is 0 Å². The van der Waals surface area contributed by atoms with E-state index in [9.17, 15) is 9.18 Å². The van der Waals surface area contributed by atoms with Crippen LogP contribution in [-0.2, 0) is 7.05 Å². The normalized spacial score (nSPS) is 10.4. The van der Waals surface area contributed by atoms with Crippen molar-refractivity contribution in [3.8, 4) is 17.0 Å². The van der Waals surface area contributed by atoms with E-state index in [1.165, 1.54) is 36.1 Å². The number of aryl methyl sites for hydroxylation is 1. The van der Waals surface area contributed by atoms with Crippen molar-refractivity contribution >= 4 is 5.97 Å². The highest BCUT2D eigenvalue weighted by Gasteiger charge is 2.16. The molecule has 1 heterocycles. The minimum absolute atomic E-state index is 0.0983. The molecule has 0 amide bonds. The Morgan fingerprint density at radius 1 is 1.44 bits per heavy atom. The van der Waals surface area contributed by atoms with Gasteiger partial charge in [0.1, 0.15) is 11.6 Å². The highest BCUT2D eigenvalue weighted by atomic mass is 19.1. The van der Waals surface area contributed by atoms with E-state index in [-0.39, 0.29) is 5.69 Å². The number of nitrogens with zero attached hydrogens (tertiary/aromatic N) is 2. The molecule has 0 saturated carbocycles. The van der Waals surface area contributed by atoms with Crippen molar-refractivity contribution < 1.29 is 19.0 Å². The van der Waals surface area contributed by atoms with Crippen molar-refractivity contribution in [1.82, 2.24) is 9.78 Å². The van der Waals surface area contributed by atoms with Crippen LogP contribution in [0.25, 0.3) is 11.3 Å². The van der Waals surface area contributed by atoms with Gasteiger partial charge < -0.3 is 9.84 Å². The molecule has 0 aliphatic carbocycles. The monoisotopic (exact) mass is 250 g/mol. The number of rotatable bonds is 3. The Labute approximate surface area is 102 Å². The number of carboxylic acid groups (broad SMARTS) is 1. The van der Waals surface area contributed by atoms with Crippen molar-refractivity contribution in [3.63, 3.8) is 0 Å². The molecule has 0 atom stereocenters. The summed E-state index contributed by atoms with van der Waals surface area (Å²) in [7, 11) is 3.05. The van der Waals surface area contributed by atoms with Gasteiger partial charge in [-0.3, -0.25) is 4.68 Å². The molecule has 1 aromatic carbocycles. The van der Waals surface area contributed by atoms with Gasteiger partial charge in [0.25, 0.3) is 0 Å². The molecule has 2 aromatic rings. The van der Waals surface area contributed by atoms with Crippen molar-refractivity contribution in [3.05, 3.63) is 35.8 Å². The van der Waals surface area contributed by atoms with Crippen molar-refractivity contribution in [1.29, 1.82) is 0 Å². The van der Waals surface area contributed by atoms with Crippen molar-refractivity contribution in [2.75, 3.05) is 7.11 Å². The van der Waals surface area contributed by atoms with E-state index in [1.807, 2.05) is 0 Å². The third-order valence-electron chi connectivity index (χ3n) is 2.54. The minimum atomic E-state index is -1.13. The topological polar surface area (TPSA) is 64.3 Å². The average Bonchev–Trinajstić information content (AvgIpc) is 2.71. The largest absolute Gasteiger partial charge is 0.496 e. The van der Waals surface area contributed by atoms with Gasteiger partial charge in [-0.15, -0.1) is 0 Å². The van der Waals surface area contributed by atoms with E-state index < -0.39 is 11.8 Å². The van der Waals surface area contributed by atoms with Crippen LogP contribution >= 0.6 is 0 Å². The molecule has 0 aliphatic rings. The third-order valence-corrected chi connectivity index (χ3v) is 2.54. The number of methoxy groups -OCH3 is 1. The Kier molecular flexibility index (Phi) is 3.01. The zero-order chi connectivity index (χ0) is 13.3. The van der Waals surface area contributed by atoms with Gasteiger partial charge in [0.15, 0.2) is 5.69 Å². The molecule has 0 bridgehead atoms. The van der Waals surface area contributed by atoms with E-state index in [1.54, 1.807) is 7.05 Å². The molecule has 5 nitrogen and oxygen atoms in total. The molecular formula is C12H11FN2O3. The standard InChI is InChI=1S/C12H11FN2O3/c1-15-10(6-9(14-15)12(16)17)8-5-7(13)3-4-11(8)18-2/h3-6H,1-2H3,(H,16,17). The number of aromatic carboxylic acids is 1. The number of hydrogen-bond donors (Lipinski definition) is 1. The van der Waals surface area contributed by atoms with Gasteiger partial charge in [0.2, 0.25) is 0 Å². The predicted molar refractivity (Wildman–Crippen MR) is 62.1 cm³/mol. The lowest BCUT2D eigenvalue weighted by atomic mass is 10.1. The molecule has 1 N–H and O–H groups in total. The lowest BCUT2D eigenvalue weighted by Crippen LogP contribution is -1.99. The number of ether oxygens (including phenoxy) is 1. The summed E-state index contributed by atoms with van der Waals surface area (Å²) in [5, 5.41) is 12.7. The molecule has 2 rings (SSSR count). The summed E-state index contributed by atoms with van der Waals surface area (Å²) in [6.07, 6.45) is 0. The van der Waals surface area contributed by atoms with Crippen LogP contribution in [-0.4, -0.2) is 28.0 Å². The fraction of sp³-hybridized carbons (Fsp3) is 0.167. The molecule has 6 heteroatoms. The van der Waals surface area contributed by atoms with Crippen LogP contribution in [0, 0.1) is 5.82 Å². The van der Waals surface area contributed by atoms with Crippen LogP contribution in [0.2, 0.25) is 0 Å². The molecule has 0 radical (unpaired) electrons. The van der Waals surface area contributed by atoms with Gasteiger partial charge >= 0.3 is 5.97 Å². The maximum absolute atomic E-state index is 13.3. The lowest BCUT2D eigenvalue weighted by Gasteiger charge is -2.08. The highest BCUT2D eigenvalue weighted by Crippen LogP contribution is 2.30. The fourth-order valence-corrected chi connectivity index (χ4v) is 1.70. The molecule has 0 unspecified atom stereocenters. The summed E-state index contributed by atoms with van der Waals surface area (Å²) in [4.78, 5) is 10.8. The van der Waals surface area contributed by atoms with E-state index in [0.717, 1.165) is 0 Å². The molecule has 94 valence electrons. The second-order valence-electron chi connectivity index (χ2n) is 3.69. The number of carbonyl (C=O) groups is 1. The van der Waals surface area contributed by atoms with Gasteiger partial charge in [-0.2, -0.15) is 5.10 Å². The van der Waals surface area contributed by atoms with Crippen LogP contribution in [0.4, 0.5) is 4.39 Å². The number of benzene rings is 1. The highest BCUT2D eigenvalue weighted by molar-refractivity contribution is 5.87. The Morgan fingerprint density at radius 3 is 2.72 bits per heavy atom. The molecule has 0 aliphatic heterocycles. The second-order valence-corrected chi connectivity index (χ2v) is 3.69.